The Kier molecular flexibility index (Phi) is 2.89. The van der Waals surface area contributed by atoms with E-state index in [1.807, 2.05) is 6.07 Å². The van der Waals surface area contributed by atoms with Gasteiger partial charge in [0.1, 0.15) is 0 Å². The fourth-order valence-electron chi connectivity index (χ4n) is 2.34. The first-order chi connectivity index (χ1) is 7.32. The number of rotatable bonds is 1. The summed E-state index contributed by atoms with van der Waals surface area (Å²) in [6.07, 6.45) is 0. The van der Waals surface area contributed by atoms with Crippen molar-refractivity contribution in [1.29, 1.82) is 0 Å². The highest BCUT2D eigenvalue weighted by Crippen LogP contribution is 2.43. The Hall–Kier alpha value is -0.383. The zero-order valence-electron chi connectivity index (χ0n) is 10.0. The summed E-state index contributed by atoms with van der Waals surface area (Å²) in [5, 5.41) is 0.806. The number of halogens is 1. The Morgan fingerprint density at radius 1 is 1.31 bits per heavy atom. The SMILES string of the molecule is CN1C(=S)C([Si](C)(C)C)c2cc(Cl)ccc21. The molecule has 1 nitrogen and oxygen atoms in total. The Labute approximate surface area is 108 Å². The minimum atomic E-state index is -1.34. The molecule has 1 aromatic carbocycles. The number of anilines is 1. The molecule has 0 saturated carbocycles. The molecule has 1 heterocycles. The molecule has 1 aliphatic heterocycles. The lowest BCUT2D eigenvalue weighted by atomic mass is 10.1. The van der Waals surface area contributed by atoms with E-state index in [1.54, 1.807) is 0 Å². The molecule has 0 aliphatic carbocycles. The second-order valence-corrected chi connectivity index (χ2v) is 11.6. The molecule has 0 spiro atoms. The zero-order valence-corrected chi connectivity index (χ0v) is 12.6. The molecule has 0 fully saturated rings. The quantitative estimate of drug-likeness (QED) is 0.558. The summed E-state index contributed by atoms with van der Waals surface area (Å²) in [6, 6.07) is 6.09. The van der Waals surface area contributed by atoms with E-state index in [2.05, 4.69) is 43.7 Å². The van der Waals surface area contributed by atoms with Crippen molar-refractivity contribution in [1.82, 2.24) is 0 Å². The van der Waals surface area contributed by atoms with Crippen LogP contribution in [0.3, 0.4) is 0 Å². The minimum absolute atomic E-state index is 0.418. The normalized spacial score (nSPS) is 20.2. The van der Waals surface area contributed by atoms with Crippen molar-refractivity contribution >= 4 is 42.6 Å². The highest BCUT2D eigenvalue weighted by Gasteiger charge is 2.40. The summed E-state index contributed by atoms with van der Waals surface area (Å²) in [7, 11) is 0.706. The summed E-state index contributed by atoms with van der Waals surface area (Å²) in [4.78, 5) is 3.18. The Balaban J connectivity index is 2.60. The van der Waals surface area contributed by atoms with Gasteiger partial charge in [-0.25, -0.2) is 0 Å². The van der Waals surface area contributed by atoms with Crippen LogP contribution in [-0.2, 0) is 0 Å². The van der Waals surface area contributed by atoms with Crippen molar-refractivity contribution in [2.45, 2.75) is 25.2 Å². The number of thiocarbonyl (C=S) groups is 1. The largest absolute Gasteiger partial charge is 0.339 e. The van der Waals surface area contributed by atoms with Crippen molar-refractivity contribution in [3.8, 4) is 0 Å². The number of fused-ring (bicyclic) bond motifs is 1. The number of hydrogen-bond acceptors (Lipinski definition) is 1. The molecule has 1 atom stereocenters. The molecule has 1 unspecified atom stereocenters. The topological polar surface area (TPSA) is 3.24 Å². The van der Waals surface area contributed by atoms with Crippen LogP contribution in [0.1, 0.15) is 11.1 Å². The van der Waals surface area contributed by atoms with Gasteiger partial charge in [-0.15, -0.1) is 0 Å². The number of nitrogens with zero attached hydrogens (tertiary/aromatic N) is 1. The third-order valence-electron chi connectivity index (χ3n) is 3.11. The minimum Gasteiger partial charge on any atom is -0.339 e. The third-order valence-corrected chi connectivity index (χ3v) is 6.38. The van der Waals surface area contributed by atoms with E-state index in [9.17, 15) is 0 Å². The van der Waals surface area contributed by atoms with Crippen molar-refractivity contribution in [3.05, 3.63) is 28.8 Å². The van der Waals surface area contributed by atoms with Gasteiger partial charge >= 0.3 is 0 Å². The smallest absolute Gasteiger partial charge is 0.0869 e. The summed E-state index contributed by atoms with van der Waals surface area (Å²) in [5.74, 6) is 0. The van der Waals surface area contributed by atoms with Crippen LogP contribution in [0.2, 0.25) is 24.7 Å². The molecule has 0 amide bonds. The van der Waals surface area contributed by atoms with E-state index in [-0.39, 0.29) is 0 Å². The highest BCUT2D eigenvalue weighted by molar-refractivity contribution is 7.81. The van der Waals surface area contributed by atoms with Gasteiger partial charge < -0.3 is 4.90 Å². The van der Waals surface area contributed by atoms with Crippen LogP contribution in [0.25, 0.3) is 0 Å². The highest BCUT2D eigenvalue weighted by atomic mass is 35.5. The third kappa shape index (κ3) is 1.81. The first-order valence-electron chi connectivity index (χ1n) is 5.39. The van der Waals surface area contributed by atoms with Gasteiger partial charge in [0.2, 0.25) is 0 Å². The zero-order chi connectivity index (χ0) is 12.1. The first-order valence-corrected chi connectivity index (χ1v) is 9.76. The number of hydrogen-bond donors (Lipinski definition) is 0. The van der Waals surface area contributed by atoms with Crippen molar-refractivity contribution in [3.63, 3.8) is 0 Å². The summed E-state index contributed by atoms with van der Waals surface area (Å²) < 4.78 is 0. The maximum absolute atomic E-state index is 6.09. The van der Waals surface area contributed by atoms with Gasteiger partial charge in [0.05, 0.1) is 13.1 Å². The monoisotopic (exact) mass is 269 g/mol. The summed E-state index contributed by atoms with van der Waals surface area (Å²) in [5.41, 5.74) is 2.96. The molecule has 0 saturated heterocycles. The lowest BCUT2D eigenvalue weighted by molar-refractivity contribution is 1.25. The molecule has 4 heteroatoms. The van der Waals surface area contributed by atoms with E-state index in [4.69, 9.17) is 23.8 Å². The van der Waals surface area contributed by atoms with E-state index in [0.717, 1.165) is 10.0 Å². The van der Waals surface area contributed by atoms with Crippen LogP contribution in [0.5, 0.6) is 0 Å². The maximum Gasteiger partial charge on any atom is 0.0869 e. The molecular formula is C12H16ClNSSi. The van der Waals surface area contributed by atoms with Crippen molar-refractivity contribution in [2.75, 3.05) is 11.9 Å². The van der Waals surface area contributed by atoms with Gasteiger partial charge in [-0.1, -0.05) is 43.5 Å². The van der Waals surface area contributed by atoms with Crippen LogP contribution >= 0.6 is 23.8 Å². The van der Waals surface area contributed by atoms with Crippen LogP contribution < -0.4 is 4.90 Å². The molecule has 16 heavy (non-hydrogen) atoms. The molecule has 1 aliphatic rings. The molecule has 86 valence electrons. The fourth-order valence-corrected chi connectivity index (χ4v) is 5.91. The fraction of sp³-hybridized carbons (Fsp3) is 0.417. The molecule has 0 radical (unpaired) electrons. The van der Waals surface area contributed by atoms with Gasteiger partial charge in [0.15, 0.2) is 0 Å². The molecular weight excluding hydrogens is 254 g/mol. The Bertz CT molecular complexity index is 453. The van der Waals surface area contributed by atoms with Crippen LogP contribution in [0, 0.1) is 0 Å². The van der Waals surface area contributed by atoms with E-state index in [1.165, 1.54) is 11.3 Å². The molecule has 0 N–H and O–H groups in total. The maximum atomic E-state index is 6.09. The number of benzene rings is 1. The number of likely N-dealkylation sites (N-methyl/N-ethyl adjacent to an activating group) is 1. The van der Waals surface area contributed by atoms with Crippen LogP contribution in [0.15, 0.2) is 18.2 Å². The van der Waals surface area contributed by atoms with Gasteiger partial charge in [-0.3, -0.25) is 0 Å². The Morgan fingerprint density at radius 2 is 1.94 bits per heavy atom. The predicted octanol–water partition coefficient (Wildman–Crippen LogP) is 4.08. The lowest BCUT2D eigenvalue weighted by Crippen LogP contribution is -2.37. The lowest BCUT2D eigenvalue weighted by Gasteiger charge is -2.26. The second-order valence-electron chi connectivity index (χ2n) is 5.40. The summed E-state index contributed by atoms with van der Waals surface area (Å²) in [6.45, 7) is 7.06. The summed E-state index contributed by atoms with van der Waals surface area (Å²) >= 11 is 11.7. The van der Waals surface area contributed by atoms with Gasteiger partial charge in [0.25, 0.3) is 0 Å². The first kappa shape index (κ1) is 12.1. The Morgan fingerprint density at radius 3 is 2.50 bits per heavy atom. The van der Waals surface area contributed by atoms with E-state index in [0.29, 0.717) is 5.54 Å². The van der Waals surface area contributed by atoms with Gasteiger partial charge in [0, 0.05) is 23.3 Å². The van der Waals surface area contributed by atoms with Crippen LogP contribution in [0.4, 0.5) is 5.69 Å². The molecule has 0 aromatic heterocycles. The average Bonchev–Trinajstić information content (AvgIpc) is 2.38. The van der Waals surface area contributed by atoms with Gasteiger partial charge in [-0.05, 0) is 23.8 Å². The van der Waals surface area contributed by atoms with Crippen molar-refractivity contribution < 1.29 is 0 Å². The van der Waals surface area contributed by atoms with Crippen LogP contribution in [-0.4, -0.2) is 20.1 Å². The van der Waals surface area contributed by atoms with Gasteiger partial charge in [-0.2, -0.15) is 0 Å². The van der Waals surface area contributed by atoms with Crippen molar-refractivity contribution in [2.24, 2.45) is 0 Å². The second kappa shape index (κ2) is 3.83. The average molecular weight is 270 g/mol. The molecule has 2 rings (SSSR count). The van der Waals surface area contributed by atoms with E-state index >= 15 is 0 Å². The molecule has 0 bridgehead atoms. The predicted molar refractivity (Wildman–Crippen MR) is 78.5 cm³/mol. The molecule has 1 aromatic rings. The van der Waals surface area contributed by atoms with E-state index < -0.39 is 8.07 Å². The standard InChI is InChI=1S/C12H16ClNSSi/c1-14-10-6-5-8(13)7-9(10)11(12(14)15)16(2,3)4/h5-7,11H,1-4H3.